The predicted octanol–water partition coefficient (Wildman–Crippen LogP) is 7.50. The highest BCUT2D eigenvalue weighted by Crippen LogP contribution is 2.59. The summed E-state index contributed by atoms with van der Waals surface area (Å²) in [5.41, 5.74) is 2.72. The number of ether oxygens (including phenoxy) is 3. The van der Waals surface area contributed by atoms with E-state index < -0.39 is 23.6 Å². The molecular formula is C38H33Br2N3O6. The van der Waals surface area contributed by atoms with Crippen LogP contribution in [-0.2, 0) is 41.7 Å². The van der Waals surface area contributed by atoms with Crippen LogP contribution in [0.2, 0.25) is 0 Å². The number of para-hydroxylation sites is 3. The first-order chi connectivity index (χ1) is 23.7. The van der Waals surface area contributed by atoms with Crippen molar-refractivity contribution in [2.24, 2.45) is 0 Å². The quantitative estimate of drug-likeness (QED) is 0.102. The number of carbonyl (C=O) groups is 3. The van der Waals surface area contributed by atoms with Crippen molar-refractivity contribution in [3.8, 4) is 0 Å². The molecule has 0 amide bonds. The summed E-state index contributed by atoms with van der Waals surface area (Å²) in [5.74, 6) is -2.17. The van der Waals surface area contributed by atoms with Crippen LogP contribution in [0.1, 0.15) is 18.1 Å². The fourth-order valence-electron chi connectivity index (χ4n) is 6.69. The molecular weight excluding hydrogens is 754 g/mol. The minimum atomic E-state index is -1.63. The number of methoxy groups -OCH3 is 3. The first-order valence-electron chi connectivity index (χ1n) is 15.4. The van der Waals surface area contributed by atoms with Crippen LogP contribution in [0.15, 0.2) is 135 Å². The lowest BCUT2D eigenvalue weighted by Crippen LogP contribution is -2.61. The molecule has 0 aliphatic carbocycles. The highest BCUT2D eigenvalue weighted by Gasteiger charge is 2.66. The first-order valence-corrected chi connectivity index (χ1v) is 16.9. The van der Waals surface area contributed by atoms with E-state index in [1.165, 1.54) is 21.3 Å². The lowest BCUT2D eigenvalue weighted by Gasteiger charge is -2.46. The Hall–Kier alpha value is -4.87. The van der Waals surface area contributed by atoms with Crippen molar-refractivity contribution in [1.82, 2.24) is 0 Å². The standard InChI is InChI=1S/C38H33Br2N3O6/c1-24(35(44)47-2)34-38(32(36(45)48-3)33(37(46)49-4)43(34)29-10-6-5-7-11-29)41(22-25-14-18-27(39)19-15-25)30-12-8-9-13-31(30)42(38)23-26-16-20-28(40)21-17-26/h5-21H,22-23H2,1-4H3. The van der Waals surface area contributed by atoms with Crippen molar-refractivity contribution in [2.75, 3.05) is 36.0 Å². The second kappa shape index (κ2) is 13.9. The summed E-state index contributed by atoms with van der Waals surface area (Å²) in [7, 11) is 3.84. The summed E-state index contributed by atoms with van der Waals surface area (Å²) in [5, 5.41) is 0. The van der Waals surface area contributed by atoms with E-state index in [2.05, 4.69) is 41.7 Å². The second-order valence-corrected chi connectivity index (χ2v) is 13.3. The van der Waals surface area contributed by atoms with E-state index in [9.17, 15) is 14.4 Å². The van der Waals surface area contributed by atoms with Crippen LogP contribution >= 0.6 is 31.9 Å². The maximum Gasteiger partial charge on any atom is 0.355 e. The Morgan fingerprint density at radius 1 is 0.633 bits per heavy atom. The Labute approximate surface area is 301 Å². The van der Waals surface area contributed by atoms with Gasteiger partial charge in [-0.25, -0.2) is 14.4 Å². The molecule has 0 saturated carbocycles. The van der Waals surface area contributed by atoms with Gasteiger partial charge in [-0.1, -0.05) is 86.5 Å². The smallest absolute Gasteiger partial charge is 0.355 e. The fourth-order valence-corrected chi connectivity index (χ4v) is 7.22. The fraction of sp³-hybridized carbons (Fsp3) is 0.184. The average molecular weight is 788 g/mol. The number of hydrogen-bond donors (Lipinski definition) is 0. The molecule has 4 aromatic carbocycles. The van der Waals surface area contributed by atoms with Gasteiger partial charge in [0.2, 0.25) is 0 Å². The number of rotatable bonds is 8. The van der Waals surface area contributed by atoms with Gasteiger partial charge < -0.3 is 28.9 Å². The minimum absolute atomic E-state index is 0.00520. The maximum absolute atomic E-state index is 14.5. The van der Waals surface area contributed by atoms with Crippen LogP contribution in [0.4, 0.5) is 17.1 Å². The molecule has 2 aliphatic rings. The zero-order valence-electron chi connectivity index (χ0n) is 27.3. The van der Waals surface area contributed by atoms with Gasteiger partial charge in [-0.3, -0.25) is 0 Å². The number of esters is 3. The Kier molecular flexibility index (Phi) is 9.67. The van der Waals surface area contributed by atoms with Crippen LogP contribution < -0.4 is 14.7 Å². The Bertz CT molecular complexity index is 1900. The van der Waals surface area contributed by atoms with Gasteiger partial charge in [0.1, 0.15) is 11.3 Å². The van der Waals surface area contributed by atoms with Crippen molar-refractivity contribution in [2.45, 2.75) is 25.7 Å². The molecule has 0 fully saturated rings. The van der Waals surface area contributed by atoms with Gasteiger partial charge in [-0.15, -0.1) is 0 Å². The van der Waals surface area contributed by atoms with Gasteiger partial charge in [0.25, 0.3) is 0 Å². The number of carbonyl (C=O) groups excluding carboxylic acids is 3. The van der Waals surface area contributed by atoms with Crippen molar-refractivity contribution < 1.29 is 28.6 Å². The van der Waals surface area contributed by atoms with Gasteiger partial charge in [0.05, 0.1) is 44.0 Å². The van der Waals surface area contributed by atoms with Gasteiger partial charge in [0, 0.05) is 27.7 Å². The first kappa shape index (κ1) is 34.0. The van der Waals surface area contributed by atoms with Crippen LogP contribution in [0.3, 0.4) is 0 Å². The summed E-state index contributed by atoms with van der Waals surface area (Å²) in [6.45, 7) is 2.19. The molecule has 0 atom stereocenters. The molecule has 0 N–H and O–H groups in total. The van der Waals surface area contributed by atoms with Crippen molar-refractivity contribution in [3.63, 3.8) is 0 Å². The lowest BCUT2D eigenvalue weighted by molar-refractivity contribution is -0.139. The van der Waals surface area contributed by atoms with Crippen LogP contribution in [0.25, 0.3) is 0 Å². The molecule has 1 spiro atoms. The van der Waals surface area contributed by atoms with Crippen molar-refractivity contribution in [1.29, 1.82) is 0 Å². The summed E-state index contributed by atoms with van der Waals surface area (Å²) < 4.78 is 18.1. The van der Waals surface area contributed by atoms with Crippen LogP contribution in [0.5, 0.6) is 0 Å². The van der Waals surface area contributed by atoms with Gasteiger partial charge in [-0.05, 0) is 66.6 Å². The number of nitrogens with zero attached hydrogens (tertiary/aromatic N) is 3. The van der Waals surface area contributed by atoms with E-state index in [-0.39, 0.29) is 29.9 Å². The zero-order valence-corrected chi connectivity index (χ0v) is 30.4. The number of benzene rings is 4. The molecule has 0 radical (unpaired) electrons. The molecule has 4 aromatic rings. The van der Waals surface area contributed by atoms with Crippen LogP contribution in [0, 0.1) is 0 Å². The van der Waals surface area contributed by atoms with E-state index in [1.807, 2.05) is 103 Å². The molecule has 11 heteroatoms. The molecule has 2 aliphatic heterocycles. The number of fused-ring (bicyclic) bond motifs is 1. The monoisotopic (exact) mass is 785 g/mol. The van der Waals surface area contributed by atoms with E-state index in [1.54, 1.807) is 11.8 Å². The van der Waals surface area contributed by atoms with Crippen molar-refractivity contribution in [3.05, 3.63) is 146 Å². The van der Waals surface area contributed by atoms with E-state index in [0.29, 0.717) is 11.4 Å². The Balaban J connectivity index is 1.80. The largest absolute Gasteiger partial charge is 0.466 e. The number of hydrogen-bond acceptors (Lipinski definition) is 9. The van der Waals surface area contributed by atoms with Crippen molar-refractivity contribution >= 4 is 66.8 Å². The SMILES string of the molecule is COC(=O)C(C)=C1N(c2ccccc2)C(C(=O)OC)=C(C(=O)OC)C12N(Cc1ccc(Br)cc1)c1ccccc1N2Cc1ccc(Br)cc1. The second-order valence-electron chi connectivity index (χ2n) is 11.4. The molecule has 2 heterocycles. The summed E-state index contributed by atoms with van der Waals surface area (Å²) in [6, 6.07) is 32.6. The molecule has 49 heavy (non-hydrogen) atoms. The molecule has 0 unspecified atom stereocenters. The predicted molar refractivity (Wildman–Crippen MR) is 195 cm³/mol. The summed E-state index contributed by atoms with van der Waals surface area (Å²) >= 11 is 7.08. The van der Waals surface area contributed by atoms with Gasteiger partial charge in [-0.2, -0.15) is 0 Å². The minimum Gasteiger partial charge on any atom is -0.466 e. The molecule has 250 valence electrons. The number of anilines is 3. The molecule has 6 rings (SSSR count). The third-order valence-corrected chi connectivity index (χ3v) is 9.80. The Morgan fingerprint density at radius 3 is 1.55 bits per heavy atom. The lowest BCUT2D eigenvalue weighted by atomic mass is 9.90. The van der Waals surface area contributed by atoms with Crippen LogP contribution in [-0.4, -0.2) is 44.9 Å². The third kappa shape index (κ3) is 5.80. The third-order valence-electron chi connectivity index (χ3n) is 8.74. The molecule has 0 aromatic heterocycles. The summed E-state index contributed by atoms with van der Waals surface area (Å²) in [4.78, 5) is 48.2. The normalized spacial score (nSPS) is 15.8. The average Bonchev–Trinajstić information content (AvgIpc) is 3.58. The number of halogens is 2. The molecule has 9 nitrogen and oxygen atoms in total. The topological polar surface area (TPSA) is 88.6 Å². The molecule has 0 bridgehead atoms. The Morgan fingerprint density at radius 2 is 1.10 bits per heavy atom. The highest BCUT2D eigenvalue weighted by atomic mass is 79.9. The molecule has 0 saturated heterocycles. The van der Waals surface area contributed by atoms with Gasteiger partial charge in [0.15, 0.2) is 5.66 Å². The van der Waals surface area contributed by atoms with E-state index in [0.717, 1.165) is 31.4 Å². The summed E-state index contributed by atoms with van der Waals surface area (Å²) in [6.07, 6.45) is 0. The van der Waals surface area contributed by atoms with E-state index in [4.69, 9.17) is 14.2 Å². The van der Waals surface area contributed by atoms with Gasteiger partial charge >= 0.3 is 17.9 Å². The highest BCUT2D eigenvalue weighted by molar-refractivity contribution is 9.10. The van der Waals surface area contributed by atoms with E-state index >= 15 is 0 Å². The maximum atomic E-state index is 14.5. The zero-order chi connectivity index (χ0) is 34.9.